The highest BCUT2D eigenvalue weighted by molar-refractivity contribution is 6.32. The van der Waals surface area contributed by atoms with Crippen LogP contribution in [0.15, 0.2) is 12.1 Å². The number of halogens is 1. The van der Waals surface area contributed by atoms with Gasteiger partial charge in [-0.05, 0) is 31.9 Å². The van der Waals surface area contributed by atoms with Gasteiger partial charge in [-0.25, -0.2) is 0 Å². The minimum Gasteiger partial charge on any atom is -0.493 e. The lowest BCUT2D eigenvalue weighted by molar-refractivity contribution is -0.147. The molecule has 0 aliphatic carbocycles. The summed E-state index contributed by atoms with van der Waals surface area (Å²) >= 11 is 6.24. The van der Waals surface area contributed by atoms with Crippen LogP contribution in [0.5, 0.6) is 11.5 Å². The average molecular weight is 356 g/mol. The molecule has 0 radical (unpaired) electrons. The van der Waals surface area contributed by atoms with Crippen molar-refractivity contribution in [3.8, 4) is 11.5 Å². The Kier molecular flexibility index (Phi) is 5.59. The number of carbonyl (C=O) groups is 2. The van der Waals surface area contributed by atoms with E-state index in [9.17, 15) is 14.7 Å². The number of likely N-dealkylation sites (tertiary alicyclic amines) is 1. The van der Waals surface area contributed by atoms with Crippen LogP contribution in [0.25, 0.3) is 0 Å². The third kappa shape index (κ3) is 3.59. The maximum Gasteiger partial charge on any atom is 0.311 e. The highest BCUT2D eigenvalue weighted by Gasteiger charge is 2.42. The maximum absolute atomic E-state index is 12.7. The Labute approximate surface area is 146 Å². The Morgan fingerprint density at radius 3 is 2.67 bits per heavy atom. The highest BCUT2D eigenvalue weighted by atomic mass is 35.5. The molecule has 1 aromatic rings. The summed E-state index contributed by atoms with van der Waals surface area (Å²) in [6.45, 7) is 4.69. The molecular weight excluding hydrogens is 334 g/mol. The summed E-state index contributed by atoms with van der Waals surface area (Å²) in [6, 6.07) is 3.11. The molecule has 1 atom stereocenters. The van der Waals surface area contributed by atoms with E-state index in [2.05, 4.69) is 0 Å². The first-order valence-corrected chi connectivity index (χ1v) is 8.23. The highest BCUT2D eigenvalue weighted by Crippen LogP contribution is 2.38. The van der Waals surface area contributed by atoms with Gasteiger partial charge in [0.25, 0.3) is 5.91 Å². The van der Waals surface area contributed by atoms with Gasteiger partial charge in [0, 0.05) is 18.7 Å². The molecule has 0 spiro atoms. The van der Waals surface area contributed by atoms with E-state index < -0.39 is 11.4 Å². The van der Waals surface area contributed by atoms with Gasteiger partial charge in [0.1, 0.15) is 0 Å². The van der Waals surface area contributed by atoms with Crippen LogP contribution in [0.1, 0.15) is 37.0 Å². The summed E-state index contributed by atoms with van der Waals surface area (Å²) in [5, 5.41) is 9.59. The molecule has 1 amide bonds. The molecular formula is C17H22ClNO5. The summed E-state index contributed by atoms with van der Waals surface area (Å²) in [5.74, 6) is -0.354. The monoisotopic (exact) mass is 355 g/mol. The largest absolute Gasteiger partial charge is 0.493 e. The van der Waals surface area contributed by atoms with E-state index in [1.54, 1.807) is 13.0 Å². The maximum atomic E-state index is 12.7. The van der Waals surface area contributed by atoms with Gasteiger partial charge in [-0.2, -0.15) is 0 Å². The lowest BCUT2D eigenvalue weighted by Gasteiger charge is -2.21. The van der Waals surface area contributed by atoms with Crippen molar-refractivity contribution in [2.75, 3.05) is 26.8 Å². The predicted octanol–water partition coefficient (Wildman–Crippen LogP) is 3.07. The lowest BCUT2D eigenvalue weighted by Crippen LogP contribution is -2.34. The van der Waals surface area contributed by atoms with Crippen LogP contribution in [-0.2, 0) is 4.79 Å². The number of hydrogen-bond donors (Lipinski definition) is 1. The zero-order valence-electron chi connectivity index (χ0n) is 14.1. The number of ether oxygens (including phenoxy) is 2. The van der Waals surface area contributed by atoms with E-state index in [1.807, 2.05) is 6.92 Å². The van der Waals surface area contributed by atoms with Crippen molar-refractivity contribution in [3.63, 3.8) is 0 Å². The molecule has 0 bridgehead atoms. The molecule has 1 heterocycles. The second kappa shape index (κ2) is 7.30. The third-order valence-corrected chi connectivity index (χ3v) is 4.48. The van der Waals surface area contributed by atoms with E-state index in [0.717, 1.165) is 6.42 Å². The fourth-order valence-electron chi connectivity index (χ4n) is 2.68. The molecule has 1 N–H and O–H groups in total. The number of carboxylic acids is 1. The van der Waals surface area contributed by atoms with Crippen LogP contribution < -0.4 is 9.47 Å². The van der Waals surface area contributed by atoms with E-state index >= 15 is 0 Å². The molecule has 0 aromatic heterocycles. The number of rotatable bonds is 6. The number of methoxy groups -OCH3 is 1. The van der Waals surface area contributed by atoms with Crippen molar-refractivity contribution in [1.29, 1.82) is 0 Å². The van der Waals surface area contributed by atoms with Crippen molar-refractivity contribution in [3.05, 3.63) is 22.7 Å². The molecule has 7 heteroatoms. The fraction of sp³-hybridized carbons (Fsp3) is 0.529. The predicted molar refractivity (Wildman–Crippen MR) is 90.1 cm³/mol. The Bertz CT molecular complexity index is 648. The lowest BCUT2D eigenvalue weighted by atomic mass is 9.90. The van der Waals surface area contributed by atoms with E-state index in [0.29, 0.717) is 41.7 Å². The molecule has 1 unspecified atom stereocenters. The number of carbonyl (C=O) groups excluding carboxylic acids is 1. The second-order valence-corrected chi connectivity index (χ2v) is 6.59. The van der Waals surface area contributed by atoms with Gasteiger partial charge in [-0.1, -0.05) is 18.5 Å². The third-order valence-electron chi connectivity index (χ3n) is 4.20. The molecule has 132 valence electrons. The number of carboxylic acid groups (broad SMARTS) is 1. The molecule has 1 fully saturated rings. The number of amides is 1. The van der Waals surface area contributed by atoms with Gasteiger partial charge in [0.05, 0.1) is 24.2 Å². The van der Waals surface area contributed by atoms with Gasteiger partial charge >= 0.3 is 5.97 Å². The van der Waals surface area contributed by atoms with Crippen LogP contribution in [0.4, 0.5) is 0 Å². The Morgan fingerprint density at radius 2 is 2.12 bits per heavy atom. The van der Waals surface area contributed by atoms with Gasteiger partial charge in [-0.15, -0.1) is 0 Å². The Balaban J connectivity index is 2.24. The molecule has 6 nitrogen and oxygen atoms in total. The van der Waals surface area contributed by atoms with Gasteiger partial charge in [0.15, 0.2) is 11.5 Å². The minimum atomic E-state index is -0.909. The summed E-state index contributed by atoms with van der Waals surface area (Å²) in [7, 11) is 1.48. The molecule has 1 aliphatic rings. The first kappa shape index (κ1) is 18.4. The molecule has 1 aliphatic heterocycles. The minimum absolute atomic E-state index is 0.176. The summed E-state index contributed by atoms with van der Waals surface area (Å²) < 4.78 is 10.9. The van der Waals surface area contributed by atoms with Crippen LogP contribution in [0.3, 0.4) is 0 Å². The number of benzene rings is 1. The smallest absolute Gasteiger partial charge is 0.311 e. The fourth-order valence-corrected chi connectivity index (χ4v) is 2.94. The van der Waals surface area contributed by atoms with Crippen LogP contribution in [-0.4, -0.2) is 48.7 Å². The zero-order chi connectivity index (χ0) is 17.9. The van der Waals surface area contributed by atoms with Crippen molar-refractivity contribution in [2.24, 2.45) is 5.41 Å². The van der Waals surface area contributed by atoms with E-state index in [-0.39, 0.29) is 12.5 Å². The molecule has 0 saturated carbocycles. The van der Waals surface area contributed by atoms with E-state index in [4.69, 9.17) is 21.1 Å². The van der Waals surface area contributed by atoms with Crippen molar-refractivity contribution < 1.29 is 24.2 Å². The zero-order valence-corrected chi connectivity index (χ0v) is 14.9. The first-order valence-electron chi connectivity index (χ1n) is 7.85. The van der Waals surface area contributed by atoms with Crippen LogP contribution in [0, 0.1) is 5.41 Å². The normalized spacial score (nSPS) is 20.1. The first-order chi connectivity index (χ1) is 11.3. The second-order valence-electron chi connectivity index (χ2n) is 6.18. The standard InChI is InChI=1S/C17H22ClNO5/c1-4-7-24-14-12(18)8-11(9-13(14)23-3)15(20)19-6-5-17(2,10-19)16(21)22/h8-9H,4-7,10H2,1-3H3,(H,21,22). The topological polar surface area (TPSA) is 76.1 Å². The molecule has 2 rings (SSSR count). The van der Waals surface area contributed by atoms with Gasteiger partial charge in [0.2, 0.25) is 0 Å². The Morgan fingerprint density at radius 1 is 1.42 bits per heavy atom. The number of hydrogen-bond acceptors (Lipinski definition) is 4. The Hall–Kier alpha value is -1.95. The SMILES string of the molecule is CCCOc1c(Cl)cc(C(=O)N2CCC(C)(C(=O)O)C2)cc1OC. The summed E-state index contributed by atoms with van der Waals surface area (Å²) in [5.41, 5.74) is -0.552. The number of aliphatic carboxylic acids is 1. The molecule has 1 aromatic carbocycles. The molecule has 1 saturated heterocycles. The quantitative estimate of drug-likeness (QED) is 0.848. The van der Waals surface area contributed by atoms with Crippen LogP contribution >= 0.6 is 11.6 Å². The van der Waals surface area contributed by atoms with Gasteiger partial charge < -0.3 is 19.5 Å². The average Bonchev–Trinajstić information content (AvgIpc) is 2.96. The molecule has 24 heavy (non-hydrogen) atoms. The van der Waals surface area contributed by atoms with Crippen molar-refractivity contribution in [1.82, 2.24) is 4.90 Å². The van der Waals surface area contributed by atoms with E-state index in [1.165, 1.54) is 18.1 Å². The van der Waals surface area contributed by atoms with Gasteiger partial charge in [-0.3, -0.25) is 9.59 Å². The summed E-state index contributed by atoms with van der Waals surface area (Å²) in [4.78, 5) is 25.5. The van der Waals surface area contributed by atoms with Crippen molar-refractivity contribution in [2.45, 2.75) is 26.7 Å². The number of nitrogens with zero attached hydrogens (tertiary/aromatic N) is 1. The van der Waals surface area contributed by atoms with Crippen LogP contribution in [0.2, 0.25) is 5.02 Å². The van der Waals surface area contributed by atoms with Crippen molar-refractivity contribution >= 4 is 23.5 Å². The summed E-state index contributed by atoms with van der Waals surface area (Å²) in [6.07, 6.45) is 1.25.